The normalized spacial score (nSPS) is 12.6. The Hall–Kier alpha value is -3.81. The molecule has 166 valence electrons. The second kappa shape index (κ2) is 10.00. The maximum Gasteiger partial charge on any atom is 0.410 e. The molecule has 32 heavy (non-hydrogen) atoms. The number of carbonyl (C=O) groups excluding carboxylic acids is 1. The van der Waals surface area contributed by atoms with Crippen LogP contribution in [0.3, 0.4) is 0 Å². The lowest BCUT2D eigenvalue weighted by molar-refractivity contribution is 0.0917. The van der Waals surface area contributed by atoms with Gasteiger partial charge in [0.2, 0.25) is 5.88 Å². The monoisotopic (exact) mass is 435 g/mol. The first-order valence-corrected chi connectivity index (χ1v) is 10.3. The summed E-state index contributed by atoms with van der Waals surface area (Å²) in [5.41, 5.74) is 3.88. The molecule has 0 aliphatic carbocycles. The number of aromatic nitrogens is 2. The molecule has 0 spiro atoms. The Morgan fingerprint density at radius 3 is 2.53 bits per heavy atom. The minimum atomic E-state index is -0.347. The first-order chi connectivity index (χ1) is 15.6. The van der Waals surface area contributed by atoms with E-state index in [1.54, 1.807) is 37.6 Å². The second-order valence-corrected chi connectivity index (χ2v) is 7.34. The number of carbonyl (C=O) groups is 1. The van der Waals surface area contributed by atoms with E-state index < -0.39 is 0 Å². The molecule has 1 aromatic carbocycles. The Morgan fingerprint density at radius 2 is 1.81 bits per heavy atom. The van der Waals surface area contributed by atoms with Crippen LogP contribution in [0.2, 0.25) is 0 Å². The van der Waals surface area contributed by atoms with E-state index in [2.05, 4.69) is 16.0 Å². The summed E-state index contributed by atoms with van der Waals surface area (Å²) in [6.45, 7) is 1.61. The molecule has 3 aromatic rings. The van der Waals surface area contributed by atoms with Gasteiger partial charge in [-0.25, -0.2) is 9.78 Å². The third-order valence-electron chi connectivity index (χ3n) is 5.24. The van der Waals surface area contributed by atoms with Crippen molar-refractivity contribution in [1.82, 2.24) is 14.9 Å². The molecule has 0 unspecified atom stereocenters. The summed E-state index contributed by atoms with van der Waals surface area (Å²) < 4.78 is 21.5. The number of hydrogen-bond acceptors (Lipinski definition) is 7. The zero-order chi connectivity index (χ0) is 22.3. The topological polar surface area (TPSA) is 83.0 Å². The van der Waals surface area contributed by atoms with Crippen LogP contribution in [0.5, 0.6) is 17.4 Å². The summed E-state index contributed by atoms with van der Waals surface area (Å²) in [6, 6.07) is 13.3. The number of rotatable bonds is 7. The van der Waals surface area contributed by atoms with Crippen LogP contribution in [0.1, 0.15) is 22.4 Å². The van der Waals surface area contributed by atoms with E-state index in [0.717, 1.165) is 29.0 Å². The SMILES string of the molecule is COc1ccc(COc2ccc3c(c2)CN(C(=O)OCc2ccc(OC)nc2)CC3)nc1. The van der Waals surface area contributed by atoms with E-state index in [1.807, 2.05) is 30.3 Å². The molecule has 0 atom stereocenters. The molecule has 2 aromatic heterocycles. The fourth-order valence-electron chi connectivity index (χ4n) is 3.41. The van der Waals surface area contributed by atoms with Crippen molar-refractivity contribution >= 4 is 6.09 Å². The summed E-state index contributed by atoms with van der Waals surface area (Å²) in [5.74, 6) is 1.96. The van der Waals surface area contributed by atoms with Crippen molar-refractivity contribution in [2.75, 3.05) is 20.8 Å². The number of pyridine rings is 2. The van der Waals surface area contributed by atoms with E-state index in [9.17, 15) is 4.79 Å². The van der Waals surface area contributed by atoms with Crippen molar-refractivity contribution < 1.29 is 23.7 Å². The minimum absolute atomic E-state index is 0.164. The highest BCUT2D eigenvalue weighted by atomic mass is 16.6. The van der Waals surface area contributed by atoms with Crippen molar-refractivity contribution in [1.29, 1.82) is 0 Å². The molecule has 8 nitrogen and oxygen atoms in total. The quantitative estimate of drug-likeness (QED) is 0.559. The van der Waals surface area contributed by atoms with Crippen molar-refractivity contribution in [3.8, 4) is 17.4 Å². The van der Waals surface area contributed by atoms with Gasteiger partial charge in [-0.2, -0.15) is 0 Å². The van der Waals surface area contributed by atoms with E-state index in [0.29, 0.717) is 31.3 Å². The molecule has 1 amide bonds. The number of nitrogens with zero attached hydrogens (tertiary/aromatic N) is 3. The van der Waals surface area contributed by atoms with Crippen LogP contribution >= 0.6 is 0 Å². The van der Waals surface area contributed by atoms with E-state index in [-0.39, 0.29) is 12.7 Å². The van der Waals surface area contributed by atoms with Crippen LogP contribution in [-0.4, -0.2) is 41.7 Å². The largest absolute Gasteiger partial charge is 0.495 e. The molecule has 0 saturated carbocycles. The van der Waals surface area contributed by atoms with E-state index >= 15 is 0 Å². The molecule has 4 rings (SSSR count). The predicted octanol–water partition coefficient (Wildman–Crippen LogP) is 3.77. The number of fused-ring (bicyclic) bond motifs is 1. The fourth-order valence-corrected chi connectivity index (χ4v) is 3.41. The van der Waals surface area contributed by atoms with Crippen LogP contribution in [-0.2, 0) is 30.9 Å². The first kappa shape index (κ1) is 21.4. The summed E-state index contributed by atoms with van der Waals surface area (Å²) in [6.07, 6.45) is 3.73. The molecular formula is C24H25N3O5. The Morgan fingerprint density at radius 1 is 0.938 bits per heavy atom. The van der Waals surface area contributed by atoms with Crippen LogP contribution in [0.15, 0.2) is 54.9 Å². The van der Waals surface area contributed by atoms with Crippen molar-refractivity contribution in [3.63, 3.8) is 0 Å². The summed E-state index contributed by atoms with van der Waals surface area (Å²) in [4.78, 5) is 22.7. The smallest absolute Gasteiger partial charge is 0.410 e. The summed E-state index contributed by atoms with van der Waals surface area (Å²) in [7, 11) is 3.16. The standard InChI is InChI=1S/C24H25N3O5/c1-29-22-7-5-20(25-13-22)16-31-21-6-4-18-9-10-27(14-19(18)11-21)24(28)32-15-17-3-8-23(30-2)26-12-17/h3-8,11-13H,9-10,14-16H2,1-2H3. The Labute approximate surface area is 186 Å². The van der Waals surface area contributed by atoms with Gasteiger partial charge in [0.1, 0.15) is 24.7 Å². The lowest BCUT2D eigenvalue weighted by Gasteiger charge is -2.28. The maximum absolute atomic E-state index is 12.6. The van der Waals surface area contributed by atoms with Gasteiger partial charge in [-0.3, -0.25) is 4.98 Å². The molecule has 0 bridgehead atoms. The third-order valence-corrected chi connectivity index (χ3v) is 5.24. The lowest BCUT2D eigenvalue weighted by Crippen LogP contribution is -2.36. The highest BCUT2D eigenvalue weighted by Gasteiger charge is 2.22. The van der Waals surface area contributed by atoms with Crippen LogP contribution in [0, 0.1) is 0 Å². The predicted molar refractivity (Wildman–Crippen MR) is 117 cm³/mol. The van der Waals surface area contributed by atoms with Gasteiger partial charge in [-0.1, -0.05) is 6.07 Å². The van der Waals surface area contributed by atoms with Gasteiger partial charge in [-0.15, -0.1) is 0 Å². The number of amides is 1. The van der Waals surface area contributed by atoms with Crippen LogP contribution < -0.4 is 14.2 Å². The summed E-state index contributed by atoms with van der Waals surface area (Å²) in [5, 5.41) is 0. The minimum Gasteiger partial charge on any atom is -0.495 e. The Kier molecular flexibility index (Phi) is 6.69. The molecule has 3 heterocycles. The first-order valence-electron chi connectivity index (χ1n) is 10.3. The van der Waals surface area contributed by atoms with Crippen molar-refractivity contribution in [2.24, 2.45) is 0 Å². The number of benzene rings is 1. The number of methoxy groups -OCH3 is 2. The zero-order valence-electron chi connectivity index (χ0n) is 18.1. The van der Waals surface area contributed by atoms with Gasteiger partial charge in [0, 0.05) is 30.9 Å². The Bertz CT molecular complexity index is 1050. The molecule has 0 saturated heterocycles. The van der Waals surface area contributed by atoms with Crippen LogP contribution in [0.4, 0.5) is 4.79 Å². The fraction of sp³-hybridized carbons (Fsp3) is 0.292. The molecule has 0 fully saturated rings. The molecular weight excluding hydrogens is 410 g/mol. The van der Waals surface area contributed by atoms with Gasteiger partial charge < -0.3 is 23.8 Å². The third kappa shape index (κ3) is 5.26. The van der Waals surface area contributed by atoms with Gasteiger partial charge in [-0.05, 0) is 47.9 Å². The molecule has 1 aliphatic heterocycles. The van der Waals surface area contributed by atoms with Crippen molar-refractivity contribution in [3.05, 3.63) is 77.2 Å². The summed E-state index contributed by atoms with van der Waals surface area (Å²) >= 11 is 0. The second-order valence-electron chi connectivity index (χ2n) is 7.34. The number of ether oxygens (including phenoxy) is 4. The van der Waals surface area contributed by atoms with Gasteiger partial charge in [0.25, 0.3) is 0 Å². The highest BCUT2D eigenvalue weighted by Crippen LogP contribution is 2.25. The van der Waals surface area contributed by atoms with Crippen LogP contribution in [0.25, 0.3) is 0 Å². The van der Waals surface area contributed by atoms with Gasteiger partial charge in [0.05, 0.1) is 26.1 Å². The molecule has 8 heteroatoms. The average molecular weight is 435 g/mol. The number of hydrogen-bond donors (Lipinski definition) is 0. The lowest BCUT2D eigenvalue weighted by atomic mass is 10.00. The molecule has 0 N–H and O–H groups in total. The van der Waals surface area contributed by atoms with E-state index in [4.69, 9.17) is 18.9 Å². The van der Waals surface area contributed by atoms with Crippen molar-refractivity contribution in [2.45, 2.75) is 26.2 Å². The van der Waals surface area contributed by atoms with Gasteiger partial charge >= 0.3 is 6.09 Å². The van der Waals surface area contributed by atoms with E-state index in [1.165, 1.54) is 5.56 Å². The molecule has 0 radical (unpaired) electrons. The zero-order valence-corrected chi connectivity index (χ0v) is 18.1. The van der Waals surface area contributed by atoms with Gasteiger partial charge in [0.15, 0.2) is 0 Å². The molecule has 1 aliphatic rings. The highest BCUT2D eigenvalue weighted by molar-refractivity contribution is 5.68. The maximum atomic E-state index is 12.6. The Balaban J connectivity index is 1.32. The average Bonchev–Trinajstić information content (AvgIpc) is 2.86.